The van der Waals surface area contributed by atoms with Crippen molar-refractivity contribution >= 4 is 29.4 Å². The van der Waals surface area contributed by atoms with E-state index < -0.39 is 0 Å². The molecule has 7 heteroatoms. The Morgan fingerprint density at radius 3 is 1.84 bits per heavy atom. The highest BCUT2D eigenvalue weighted by Gasteiger charge is 2.23. The second-order valence-corrected chi connectivity index (χ2v) is 10.2. The summed E-state index contributed by atoms with van der Waals surface area (Å²) in [6.07, 6.45) is 10.9. The molecular formula is C31H49FN2O3S. The Kier molecular flexibility index (Phi) is 21.2. The maximum absolute atomic E-state index is 12.6. The quantitative estimate of drug-likeness (QED) is 0.168. The van der Waals surface area contributed by atoms with Gasteiger partial charge in [-0.05, 0) is 69.9 Å². The summed E-state index contributed by atoms with van der Waals surface area (Å²) in [5.41, 5.74) is 3.79. The summed E-state index contributed by atoms with van der Waals surface area (Å²) in [4.78, 5) is 23.2. The Bertz CT molecular complexity index is 937. The van der Waals surface area contributed by atoms with Crippen molar-refractivity contribution in [2.75, 3.05) is 6.26 Å². The number of Topliss-reactive ketones (excluding diaryl/α,β-unsaturated/α-hetero) is 1. The number of hydrogen-bond acceptors (Lipinski definition) is 6. The van der Waals surface area contributed by atoms with Gasteiger partial charge >= 0.3 is 0 Å². The molecule has 0 bridgehead atoms. The average Bonchev–Trinajstić information content (AvgIpc) is 3.25. The first-order valence-corrected chi connectivity index (χ1v) is 14.5. The molecule has 38 heavy (non-hydrogen) atoms. The second-order valence-electron chi connectivity index (χ2n) is 9.17. The van der Waals surface area contributed by atoms with Crippen LogP contribution in [0.2, 0.25) is 0 Å². The number of aromatic nitrogens is 1. The van der Waals surface area contributed by atoms with E-state index >= 15 is 0 Å². The van der Waals surface area contributed by atoms with Gasteiger partial charge in [-0.15, -0.1) is 11.8 Å². The molecule has 1 heterocycles. The molecule has 0 aliphatic heterocycles. The van der Waals surface area contributed by atoms with Crippen molar-refractivity contribution in [3.8, 4) is 0 Å². The number of ketones is 1. The molecule has 0 unspecified atom stereocenters. The summed E-state index contributed by atoms with van der Waals surface area (Å²) in [6.45, 7) is 22.1. The van der Waals surface area contributed by atoms with E-state index in [1.807, 2.05) is 20.0 Å². The van der Waals surface area contributed by atoms with E-state index in [1.54, 1.807) is 37.7 Å². The van der Waals surface area contributed by atoms with Crippen LogP contribution in [0.1, 0.15) is 107 Å². The van der Waals surface area contributed by atoms with Gasteiger partial charge in [-0.2, -0.15) is 0 Å². The summed E-state index contributed by atoms with van der Waals surface area (Å²) in [5, 5.41) is 4.63. The number of hydrogen-bond donors (Lipinski definition) is 0. The van der Waals surface area contributed by atoms with Crippen LogP contribution < -0.4 is 0 Å². The zero-order valence-electron chi connectivity index (χ0n) is 25.1. The molecule has 0 spiro atoms. The van der Waals surface area contributed by atoms with Gasteiger partial charge in [0.05, 0.1) is 16.3 Å². The highest BCUT2D eigenvalue weighted by Crippen LogP contribution is 2.36. The number of rotatable bonds is 10. The largest absolute Gasteiger partial charge is 0.361 e. The minimum Gasteiger partial charge on any atom is -0.361 e. The van der Waals surface area contributed by atoms with Crippen molar-refractivity contribution < 1.29 is 18.5 Å². The van der Waals surface area contributed by atoms with Gasteiger partial charge in [0.15, 0.2) is 5.78 Å². The third-order valence-corrected chi connectivity index (χ3v) is 7.06. The minimum absolute atomic E-state index is 0.0104. The van der Waals surface area contributed by atoms with Gasteiger partial charge in [-0.1, -0.05) is 77.2 Å². The molecule has 0 atom stereocenters. The molecular weight excluding hydrogens is 499 g/mol. The fraction of sp³-hybridized carbons (Fsp3) is 0.548. The van der Waals surface area contributed by atoms with Crippen molar-refractivity contribution in [1.82, 2.24) is 5.16 Å². The summed E-state index contributed by atoms with van der Waals surface area (Å²) in [7, 11) is 0. The van der Waals surface area contributed by atoms with E-state index in [-0.39, 0.29) is 11.6 Å². The lowest BCUT2D eigenvalue weighted by Crippen LogP contribution is -2.17. The second kappa shape index (κ2) is 21.4. The van der Waals surface area contributed by atoms with Gasteiger partial charge in [0.25, 0.3) is 0 Å². The molecule has 5 nitrogen and oxygen atoms in total. The number of aliphatic imine (C=N–C) groups is 1. The SMILES string of the molecule is C=C(Cc1ccc(F)cc1)N=C(C)SC.C=O.CC(=O)c1c(C)noc1C.CCCC(CC)(CC)CCC. The molecule has 0 aliphatic carbocycles. The first kappa shape index (κ1) is 37.6. The number of carbonyl (C=O) groups is 2. The minimum atomic E-state index is -0.215. The molecule has 0 saturated heterocycles. The highest BCUT2D eigenvalue weighted by molar-refractivity contribution is 8.13. The fourth-order valence-corrected chi connectivity index (χ4v) is 4.49. The maximum atomic E-state index is 12.6. The number of benzene rings is 1. The third-order valence-electron chi connectivity index (χ3n) is 6.38. The highest BCUT2D eigenvalue weighted by atomic mass is 32.2. The standard InChI is InChI=1S/C12H14FNS.C11H24.C7H9NO2.CH2O/c1-9(14-10(2)15-3)8-11-4-6-12(13)7-5-11;1-5-9-11(7-3,8-4)10-6-2;1-4-7(5(2)9)6(3)10-8-4;1-2/h4-7H,1,8H2,2-3H3;5-10H2,1-4H3;1-3H3;1H2. The zero-order chi connectivity index (χ0) is 29.7. The van der Waals surface area contributed by atoms with E-state index in [1.165, 1.54) is 57.6 Å². The van der Waals surface area contributed by atoms with Crippen LogP contribution in [0, 0.1) is 25.1 Å². The number of allylic oxidation sites excluding steroid dienone is 1. The Hall–Kier alpha value is -2.54. The van der Waals surface area contributed by atoms with Crippen molar-refractivity contribution in [2.24, 2.45) is 10.4 Å². The molecule has 1 aromatic carbocycles. The third kappa shape index (κ3) is 15.0. The number of aryl methyl sites for hydroxylation is 2. The lowest BCUT2D eigenvalue weighted by molar-refractivity contribution is -0.0980. The maximum Gasteiger partial charge on any atom is 0.165 e. The molecule has 2 aromatic rings. The fourth-order valence-electron chi connectivity index (χ4n) is 4.27. The number of carbonyl (C=O) groups excluding carboxylic acids is 2. The van der Waals surface area contributed by atoms with Gasteiger partial charge in [0.2, 0.25) is 0 Å². The van der Waals surface area contributed by atoms with Crippen LogP contribution >= 0.6 is 11.8 Å². The number of halogens is 1. The molecule has 0 saturated carbocycles. The Balaban J connectivity index is 0. The van der Waals surface area contributed by atoms with Crippen molar-refractivity contribution in [1.29, 1.82) is 0 Å². The van der Waals surface area contributed by atoms with E-state index in [0.717, 1.165) is 16.3 Å². The normalized spacial score (nSPS) is 10.7. The molecule has 0 amide bonds. The molecule has 214 valence electrons. The predicted octanol–water partition coefficient (Wildman–Crippen LogP) is 9.37. The molecule has 0 N–H and O–H groups in total. The lowest BCUT2D eigenvalue weighted by atomic mass is 9.75. The molecule has 0 aliphatic rings. The molecule has 2 rings (SSSR count). The van der Waals surface area contributed by atoms with Crippen molar-refractivity contribution in [3.05, 3.63) is 64.9 Å². The Morgan fingerprint density at radius 2 is 1.53 bits per heavy atom. The molecule has 0 radical (unpaired) electrons. The monoisotopic (exact) mass is 548 g/mol. The van der Waals surface area contributed by atoms with Gasteiger partial charge in [0, 0.05) is 12.1 Å². The van der Waals surface area contributed by atoms with Crippen LogP contribution in [-0.4, -0.2) is 29.0 Å². The molecule has 1 aromatic heterocycles. The summed E-state index contributed by atoms with van der Waals surface area (Å²) in [5.74, 6) is 0.398. The van der Waals surface area contributed by atoms with Crippen LogP contribution in [0.4, 0.5) is 4.39 Å². The number of thioether (sulfide) groups is 1. The van der Waals surface area contributed by atoms with Gasteiger partial charge < -0.3 is 9.32 Å². The van der Waals surface area contributed by atoms with Gasteiger partial charge in [-0.3, -0.25) is 9.79 Å². The van der Waals surface area contributed by atoms with Crippen molar-refractivity contribution in [2.45, 2.75) is 100 Å². The Labute approximate surface area is 234 Å². The smallest absolute Gasteiger partial charge is 0.165 e. The number of nitrogens with zero attached hydrogens (tertiary/aromatic N) is 2. The van der Waals surface area contributed by atoms with Crippen molar-refractivity contribution in [3.63, 3.8) is 0 Å². The van der Waals surface area contributed by atoms with Crippen LogP contribution in [0.15, 0.2) is 46.1 Å². The zero-order valence-corrected chi connectivity index (χ0v) is 25.9. The Morgan fingerprint density at radius 1 is 1.03 bits per heavy atom. The lowest BCUT2D eigenvalue weighted by Gasteiger charge is -2.31. The van der Waals surface area contributed by atoms with Crippen LogP contribution in [0.5, 0.6) is 0 Å². The van der Waals surface area contributed by atoms with Crippen LogP contribution in [-0.2, 0) is 11.2 Å². The summed E-state index contributed by atoms with van der Waals surface area (Å²) < 4.78 is 17.4. The predicted molar refractivity (Wildman–Crippen MR) is 162 cm³/mol. The first-order valence-electron chi connectivity index (χ1n) is 13.2. The summed E-state index contributed by atoms with van der Waals surface area (Å²) in [6, 6.07) is 6.41. The summed E-state index contributed by atoms with van der Waals surface area (Å²) >= 11 is 1.60. The topological polar surface area (TPSA) is 72.5 Å². The van der Waals surface area contributed by atoms with E-state index in [0.29, 0.717) is 28.9 Å². The van der Waals surface area contributed by atoms with E-state index in [4.69, 9.17) is 9.32 Å². The molecule has 0 fully saturated rings. The van der Waals surface area contributed by atoms with Gasteiger partial charge in [-0.25, -0.2) is 4.39 Å². The van der Waals surface area contributed by atoms with Gasteiger partial charge in [0.1, 0.15) is 18.4 Å². The average molecular weight is 549 g/mol. The van der Waals surface area contributed by atoms with Crippen LogP contribution in [0.3, 0.4) is 0 Å². The van der Waals surface area contributed by atoms with E-state index in [9.17, 15) is 9.18 Å². The van der Waals surface area contributed by atoms with Crippen LogP contribution in [0.25, 0.3) is 0 Å². The van der Waals surface area contributed by atoms with E-state index in [2.05, 4.69) is 44.4 Å². The first-order chi connectivity index (χ1) is 18.0.